The maximum atomic E-state index is 12.8. The van der Waals surface area contributed by atoms with E-state index in [-0.39, 0.29) is 17.4 Å². The molecule has 0 unspecified atom stereocenters. The third kappa shape index (κ3) is 5.96. The molecule has 1 atom stereocenters. The van der Waals surface area contributed by atoms with Crippen molar-refractivity contribution in [2.24, 2.45) is 0 Å². The number of nitrogens with zero attached hydrogens (tertiary/aromatic N) is 3. The number of Topliss-reactive ketones (excluding diaryl/α,β-unsaturated/α-hetero) is 1. The van der Waals surface area contributed by atoms with Gasteiger partial charge in [0.1, 0.15) is 5.75 Å². The second-order valence-corrected chi connectivity index (χ2v) is 8.83. The molecule has 0 bridgehead atoms. The van der Waals surface area contributed by atoms with Crippen molar-refractivity contribution >= 4 is 23.5 Å². The van der Waals surface area contributed by atoms with Crippen LogP contribution in [0.25, 0.3) is 17.1 Å². The minimum absolute atomic E-state index is 0.0851. The van der Waals surface area contributed by atoms with Gasteiger partial charge in [0.2, 0.25) is 5.91 Å². The van der Waals surface area contributed by atoms with Crippen LogP contribution in [-0.4, -0.2) is 45.4 Å². The molecule has 0 saturated heterocycles. The second kappa shape index (κ2) is 11.5. The van der Waals surface area contributed by atoms with Crippen molar-refractivity contribution in [1.29, 1.82) is 0 Å². The molecule has 0 spiro atoms. The van der Waals surface area contributed by atoms with Crippen LogP contribution >= 0.6 is 11.8 Å². The highest BCUT2D eigenvalue weighted by atomic mass is 32.2. The van der Waals surface area contributed by atoms with Gasteiger partial charge in [0.15, 0.2) is 16.8 Å². The number of nitrogens with one attached hydrogen (secondary N) is 1. The van der Waals surface area contributed by atoms with Gasteiger partial charge in [0.05, 0.1) is 24.5 Å². The van der Waals surface area contributed by atoms with Crippen molar-refractivity contribution in [2.75, 3.05) is 12.9 Å². The number of thioether (sulfide) groups is 1. The zero-order chi connectivity index (χ0) is 24.6. The summed E-state index contributed by atoms with van der Waals surface area (Å²) in [6, 6.07) is 26.4. The fourth-order valence-electron chi connectivity index (χ4n) is 3.69. The van der Waals surface area contributed by atoms with E-state index in [2.05, 4.69) is 15.5 Å². The van der Waals surface area contributed by atoms with Gasteiger partial charge in [-0.15, -0.1) is 10.2 Å². The number of carbonyl (C=O) groups excluding carboxylic acids is 2. The fourth-order valence-corrected chi connectivity index (χ4v) is 4.45. The van der Waals surface area contributed by atoms with Crippen LogP contribution in [-0.2, 0) is 16.0 Å². The summed E-state index contributed by atoms with van der Waals surface area (Å²) in [5, 5.41) is 12.2. The highest BCUT2D eigenvalue weighted by Crippen LogP contribution is 2.33. The first kappa shape index (κ1) is 24.2. The molecule has 0 aliphatic carbocycles. The molecular formula is C27H26N4O3S. The van der Waals surface area contributed by atoms with Crippen molar-refractivity contribution in [3.63, 3.8) is 0 Å². The standard InChI is InChI=1S/C27H26N4O3S/c1-19(32)23(17-20-11-5-3-6-12-20)28-25(33)18-35-27-30-29-26(22-15-9-10-16-24(22)34-2)31(27)21-13-7-4-8-14-21/h3-16,23H,17-18H2,1-2H3,(H,28,33)/t23-/m0/s1. The van der Waals surface area contributed by atoms with Gasteiger partial charge < -0.3 is 10.1 Å². The number of rotatable bonds is 10. The number of methoxy groups -OCH3 is 1. The summed E-state index contributed by atoms with van der Waals surface area (Å²) >= 11 is 1.26. The molecule has 35 heavy (non-hydrogen) atoms. The largest absolute Gasteiger partial charge is 0.496 e. The number of hydrogen-bond acceptors (Lipinski definition) is 6. The van der Waals surface area contributed by atoms with E-state index in [1.54, 1.807) is 7.11 Å². The van der Waals surface area contributed by atoms with Crippen molar-refractivity contribution in [3.05, 3.63) is 90.5 Å². The lowest BCUT2D eigenvalue weighted by atomic mass is 10.0. The minimum atomic E-state index is -0.582. The second-order valence-electron chi connectivity index (χ2n) is 7.89. The van der Waals surface area contributed by atoms with Gasteiger partial charge in [-0.3, -0.25) is 14.2 Å². The van der Waals surface area contributed by atoms with Crippen LogP contribution in [0.1, 0.15) is 12.5 Å². The van der Waals surface area contributed by atoms with Crippen LogP contribution in [0.3, 0.4) is 0 Å². The summed E-state index contributed by atoms with van der Waals surface area (Å²) in [7, 11) is 1.61. The molecule has 1 heterocycles. The van der Waals surface area contributed by atoms with Crippen molar-refractivity contribution in [1.82, 2.24) is 20.1 Å². The van der Waals surface area contributed by atoms with Gasteiger partial charge in [0.25, 0.3) is 0 Å². The predicted octanol–water partition coefficient (Wildman–Crippen LogP) is 4.35. The Bertz CT molecular complexity index is 1290. The first-order valence-electron chi connectivity index (χ1n) is 11.2. The van der Waals surface area contributed by atoms with Gasteiger partial charge >= 0.3 is 0 Å². The van der Waals surface area contributed by atoms with Crippen LogP contribution < -0.4 is 10.1 Å². The molecule has 1 aromatic heterocycles. The molecular weight excluding hydrogens is 460 g/mol. The Labute approximate surface area is 208 Å². The maximum Gasteiger partial charge on any atom is 0.231 e. The Morgan fingerprint density at radius 1 is 0.943 bits per heavy atom. The first-order chi connectivity index (χ1) is 17.1. The molecule has 0 aliphatic rings. The van der Waals surface area contributed by atoms with Crippen molar-refractivity contribution < 1.29 is 14.3 Å². The number of amides is 1. The molecule has 0 radical (unpaired) electrons. The van der Waals surface area contributed by atoms with Crippen molar-refractivity contribution in [3.8, 4) is 22.8 Å². The van der Waals surface area contributed by atoms with Gasteiger partial charge in [-0.05, 0) is 43.2 Å². The van der Waals surface area contributed by atoms with Gasteiger partial charge in [-0.25, -0.2) is 0 Å². The molecule has 1 N–H and O–H groups in total. The minimum Gasteiger partial charge on any atom is -0.496 e. The smallest absolute Gasteiger partial charge is 0.231 e. The lowest BCUT2D eigenvalue weighted by Crippen LogP contribution is -2.42. The molecule has 0 fully saturated rings. The van der Waals surface area contributed by atoms with Crippen LogP contribution in [0.4, 0.5) is 0 Å². The topological polar surface area (TPSA) is 86.1 Å². The maximum absolute atomic E-state index is 12.8. The highest BCUT2D eigenvalue weighted by molar-refractivity contribution is 7.99. The summed E-state index contributed by atoms with van der Waals surface area (Å²) < 4.78 is 7.43. The Morgan fingerprint density at radius 3 is 2.29 bits per heavy atom. The number of hydrogen-bond donors (Lipinski definition) is 1. The average molecular weight is 487 g/mol. The van der Waals surface area contributed by atoms with Gasteiger partial charge in [-0.2, -0.15) is 0 Å². The summed E-state index contributed by atoms with van der Waals surface area (Å²) in [4.78, 5) is 24.9. The lowest BCUT2D eigenvalue weighted by Gasteiger charge is -2.16. The number of ketones is 1. The highest BCUT2D eigenvalue weighted by Gasteiger charge is 2.21. The summed E-state index contributed by atoms with van der Waals surface area (Å²) in [5.74, 6) is 1.06. The van der Waals surface area contributed by atoms with E-state index in [9.17, 15) is 9.59 Å². The number of ether oxygens (including phenoxy) is 1. The molecule has 8 heteroatoms. The van der Waals surface area contributed by atoms with Crippen LogP contribution in [0.15, 0.2) is 90.1 Å². The Hall–Kier alpha value is -3.91. The third-order valence-corrected chi connectivity index (χ3v) is 6.37. The molecule has 3 aromatic carbocycles. The number of benzene rings is 3. The fraction of sp³-hybridized carbons (Fsp3) is 0.185. The predicted molar refractivity (Wildman–Crippen MR) is 137 cm³/mol. The van der Waals surface area contributed by atoms with Crippen molar-refractivity contribution in [2.45, 2.75) is 24.5 Å². The van der Waals surface area contributed by atoms with E-state index in [0.29, 0.717) is 23.2 Å². The van der Waals surface area contributed by atoms with E-state index in [1.807, 2.05) is 89.5 Å². The molecule has 1 amide bonds. The number of carbonyl (C=O) groups is 2. The van der Waals surface area contributed by atoms with E-state index >= 15 is 0 Å². The van der Waals surface area contributed by atoms with E-state index in [1.165, 1.54) is 18.7 Å². The molecule has 4 aromatic rings. The molecule has 178 valence electrons. The van der Waals surface area contributed by atoms with Crippen LogP contribution in [0.2, 0.25) is 0 Å². The third-order valence-electron chi connectivity index (χ3n) is 5.44. The summed E-state index contributed by atoms with van der Waals surface area (Å²) in [5.41, 5.74) is 2.65. The monoisotopic (exact) mass is 486 g/mol. The van der Waals surface area contributed by atoms with Gasteiger partial charge in [0, 0.05) is 5.69 Å². The quantitative estimate of drug-likeness (QED) is 0.336. The lowest BCUT2D eigenvalue weighted by molar-refractivity contribution is -0.125. The number of para-hydroxylation sites is 2. The van der Waals surface area contributed by atoms with E-state index in [4.69, 9.17) is 4.74 Å². The van der Waals surface area contributed by atoms with Gasteiger partial charge in [-0.1, -0.05) is 72.4 Å². The summed E-state index contributed by atoms with van der Waals surface area (Å²) in [6.45, 7) is 1.49. The molecule has 4 rings (SSSR count). The SMILES string of the molecule is COc1ccccc1-c1nnc(SCC(=O)N[C@@H](Cc2ccccc2)C(C)=O)n1-c1ccccc1. The molecule has 7 nitrogen and oxygen atoms in total. The first-order valence-corrected chi connectivity index (χ1v) is 12.2. The zero-order valence-corrected chi connectivity index (χ0v) is 20.4. The normalized spacial score (nSPS) is 11.6. The Morgan fingerprint density at radius 2 is 1.60 bits per heavy atom. The Kier molecular flexibility index (Phi) is 7.95. The zero-order valence-electron chi connectivity index (χ0n) is 19.5. The molecule has 0 aliphatic heterocycles. The van der Waals surface area contributed by atoms with E-state index in [0.717, 1.165) is 16.8 Å². The average Bonchev–Trinajstić information content (AvgIpc) is 3.32. The van der Waals surface area contributed by atoms with Crippen LogP contribution in [0.5, 0.6) is 5.75 Å². The van der Waals surface area contributed by atoms with E-state index < -0.39 is 6.04 Å². The summed E-state index contributed by atoms with van der Waals surface area (Å²) in [6.07, 6.45) is 0.449. The Balaban J connectivity index is 1.55. The van der Waals surface area contributed by atoms with Crippen LogP contribution in [0, 0.1) is 0 Å². The molecule has 0 saturated carbocycles. The number of aromatic nitrogens is 3.